The zero-order chi connectivity index (χ0) is 30.1. The van der Waals surface area contributed by atoms with Crippen LogP contribution in [0.1, 0.15) is 6.23 Å². The van der Waals surface area contributed by atoms with Crippen molar-refractivity contribution in [2.24, 2.45) is 0 Å². The molecule has 3 heterocycles. The van der Waals surface area contributed by atoms with Gasteiger partial charge in [0.1, 0.15) is 40.9 Å². The zero-order valence-corrected chi connectivity index (χ0v) is 23.8. The summed E-state index contributed by atoms with van der Waals surface area (Å²) in [6, 6.07) is 12.4. The van der Waals surface area contributed by atoms with Gasteiger partial charge in [-0.15, -0.1) is 0 Å². The average molecular weight is 628 g/mol. The molecule has 2 aromatic heterocycles. The highest BCUT2D eigenvalue weighted by molar-refractivity contribution is 8.07. The Morgan fingerprint density at radius 1 is 1.00 bits per heavy atom. The molecular formula is C25H25F3N5O7PS. The molecule has 1 fully saturated rings. The molecule has 4 aromatic rings. The van der Waals surface area contributed by atoms with E-state index in [-0.39, 0.29) is 28.5 Å². The topological polar surface area (TPSA) is 145 Å². The molecule has 224 valence electrons. The molecule has 0 aliphatic carbocycles. The Hall–Kier alpha value is -3.69. The largest absolute Gasteiger partial charge is 0.497 e. The number of aliphatic hydroxyl groups excluding tert-OH is 1. The van der Waals surface area contributed by atoms with Crippen LogP contribution in [0.25, 0.3) is 11.2 Å². The van der Waals surface area contributed by atoms with Crippen LogP contribution in [-0.4, -0.2) is 69.8 Å². The van der Waals surface area contributed by atoms with Crippen LogP contribution in [0.3, 0.4) is 0 Å². The first-order chi connectivity index (χ1) is 20.1. The second-order valence-corrected chi connectivity index (χ2v) is 11.8. The second kappa shape index (κ2) is 11.9. The Balaban J connectivity index is 1.44. The normalized spacial score (nSPS) is 22.4. The van der Waals surface area contributed by atoms with Gasteiger partial charge in [-0.3, -0.25) is 9.09 Å². The first-order valence-corrected chi connectivity index (χ1v) is 14.8. The number of fused-ring (bicyclic) bond motifs is 1. The van der Waals surface area contributed by atoms with Gasteiger partial charge in [-0.1, -0.05) is 0 Å². The van der Waals surface area contributed by atoms with Crippen molar-refractivity contribution in [1.82, 2.24) is 19.5 Å². The molecule has 0 amide bonds. The molecule has 17 heteroatoms. The number of nitrogen functional groups attached to an aromatic ring is 1. The lowest BCUT2D eigenvalue weighted by Crippen LogP contribution is -2.52. The molecule has 1 aliphatic rings. The number of benzene rings is 2. The Morgan fingerprint density at radius 2 is 1.55 bits per heavy atom. The van der Waals surface area contributed by atoms with Crippen LogP contribution in [0.4, 0.5) is 19.0 Å². The number of aliphatic hydroxyl groups is 1. The SMILES string of the molecule is COc1ccc(OP(=S)(OCC2(C(F)F)OC(n3cnc4c(N)ncnc43)C(F)C2O)Oc2ccc(OC)cc2)cc1. The number of hydrogen-bond donors (Lipinski definition) is 2. The van der Waals surface area contributed by atoms with Crippen molar-refractivity contribution in [1.29, 1.82) is 0 Å². The number of alkyl halides is 3. The summed E-state index contributed by atoms with van der Waals surface area (Å²) in [6.07, 6.45) is -7.70. The number of anilines is 1. The fraction of sp³-hybridized carbons (Fsp3) is 0.320. The molecule has 0 bridgehead atoms. The molecule has 3 N–H and O–H groups in total. The molecule has 0 spiro atoms. The predicted octanol–water partition coefficient (Wildman–Crippen LogP) is 4.06. The number of halogens is 3. The van der Waals surface area contributed by atoms with Gasteiger partial charge in [0, 0.05) is 11.8 Å². The maximum Gasteiger partial charge on any atom is 0.435 e. The lowest BCUT2D eigenvalue weighted by molar-refractivity contribution is -0.191. The van der Waals surface area contributed by atoms with Gasteiger partial charge < -0.3 is 34.1 Å². The van der Waals surface area contributed by atoms with E-state index in [1.165, 1.54) is 38.5 Å². The van der Waals surface area contributed by atoms with Crippen molar-refractivity contribution >= 4 is 35.5 Å². The van der Waals surface area contributed by atoms with E-state index < -0.39 is 43.9 Å². The van der Waals surface area contributed by atoms with Gasteiger partial charge in [0.2, 0.25) is 0 Å². The summed E-state index contributed by atoms with van der Waals surface area (Å²) in [6.45, 7) is -5.07. The molecule has 2 aromatic carbocycles. The molecule has 1 aliphatic heterocycles. The number of imidazole rings is 1. The first kappa shape index (κ1) is 29.8. The lowest BCUT2D eigenvalue weighted by Gasteiger charge is -2.32. The molecule has 0 radical (unpaired) electrons. The Kier molecular flexibility index (Phi) is 8.44. The third-order valence-electron chi connectivity index (χ3n) is 6.45. The second-order valence-electron chi connectivity index (χ2n) is 8.99. The van der Waals surface area contributed by atoms with Crippen LogP contribution in [0.5, 0.6) is 23.0 Å². The summed E-state index contributed by atoms with van der Waals surface area (Å²) in [5, 5.41) is 10.8. The highest BCUT2D eigenvalue weighted by Gasteiger charge is 2.62. The summed E-state index contributed by atoms with van der Waals surface area (Å²) < 4.78 is 79.1. The number of nitrogens with zero attached hydrogens (tertiary/aromatic N) is 4. The Bertz CT molecular complexity index is 1530. The van der Waals surface area contributed by atoms with E-state index in [0.717, 1.165) is 17.2 Å². The van der Waals surface area contributed by atoms with Crippen molar-refractivity contribution in [3.63, 3.8) is 0 Å². The number of aromatic nitrogens is 4. The molecule has 0 saturated carbocycles. The van der Waals surface area contributed by atoms with E-state index in [2.05, 4.69) is 15.0 Å². The van der Waals surface area contributed by atoms with Crippen molar-refractivity contribution in [2.45, 2.75) is 30.5 Å². The quantitative estimate of drug-likeness (QED) is 0.231. The molecule has 42 heavy (non-hydrogen) atoms. The maximum absolute atomic E-state index is 15.5. The van der Waals surface area contributed by atoms with Gasteiger partial charge in [0.05, 0.1) is 27.2 Å². The van der Waals surface area contributed by atoms with Crippen LogP contribution < -0.4 is 24.3 Å². The third kappa shape index (κ3) is 5.68. The maximum atomic E-state index is 15.5. The van der Waals surface area contributed by atoms with E-state index in [1.54, 1.807) is 24.3 Å². The highest BCUT2D eigenvalue weighted by Crippen LogP contribution is 2.53. The standard InChI is InChI=1S/C25H25F3N5O7PS/c1-35-14-3-7-16(8-4-14)39-41(42,40-17-9-5-15(36-2)6-10-17)37-11-25(24(27)28)20(34)18(26)23(38-25)33-13-32-19-21(29)30-12-31-22(19)33/h3-10,12-13,18,20,23-24,34H,11H2,1-2H3,(H2,29,30,31). The zero-order valence-electron chi connectivity index (χ0n) is 22.0. The lowest BCUT2D eigenvalue weighted by atomic mass is 9.97. The first-order valence-electron chi connectivity index (χ1n) is 12.2. The van der Waals surface area contributed by atoms with Gasteiger partial charge in [0.15, 0.2) is 29.5 Å². The van der Waals surface area contributed by atoms with Crippen LogP contribution in [0.15, 0.2) is 61.2 Å². The van der Waals surface area contributed by atoms with Crippen molar-refractivity contribution in [2.75, 3.05) is 26.6 Å². The number of rotatable bonds is 11. The van der Waals surface area contributed by atoms with E-state index in [4.69, 9.17) is 45.3 Å². The van der Waals surface area contributed by atoms with Gasteiger partial charge >= 0.3 is 6.72 Å². The molecular weight excluding hydrogens is 602 g/mol. The van der Waals surface area contributed by atoms with E-state index in [1.807, 2.05) is 0 Å². The number of ether oxygens (including phenoxy) is 3. The predicted molar refractivity (Wildman–Crippen MR) is 147 cm³/mol. The van der Waals surface area contributed by atoms with Crippen LogP contribution in [0.2, 0.25) is 0 Å². The van der Waals surface area contributed by atoms with Gasteiger partial charge in [-0.25, -0.2) is 28.1 Å². The van der Waals surface area contributed by atoms with Crippen molar-refractivity contribution in [3.05, 3.63) is 61.2 Å². The summed E-state index contributed by atoms with van der Waals surface area (Å²) in [7, 11) is 2.96. The summed E-state index contributed by atoms with van der Waals surface area (Å²) in [4.78, 5) is 11.8. The minimum absolute atomic E-state index is 0.0109. The molecule has 4 unspecified atom stereocenters. The Labute approximate surface area is 242 Å². The van der Waals surface area contributed by atoms with Gasteiger partial charge in [0.25, 0.3) is 6.43 Å². The van der Waals surface area contributed by atoms with Crippen molar-refractivity contribution < 1.29 is 46.1 Å². The number of hydrogen-bond acceptors (Lipinski definition) is 12. The van der Waals surface area contributed by atoms with E-state index in [9.17, 15) is 13.9 Å². The van der Waals surface area contributed by atoms with Crippen LogP contribution in [-0.2, 0) is 21.1 Å². The number of nitrogens with two attached hydrogens (primary N) is 1. The van der Waals surface area contributed by atoms with E-state index in [0.29, 0.717) is 11.5 Å². The average Bonchev–Trinajstić information content (AvgIpc) is 3.53. The monoisotopic (exact) mass is 627 g/mol. The smallest absolute Gasteiger partial charge is 0.435 e. The molecule has 4 atom stereocenters. The molecule has 1 saturated heterocycles. The fourth-order valence-corrected chi connectivity index (χ4v) is 6.13. The summed E-state index contributed by atoms with van der Waals surface area (Å²) in [5.74, 6) is 1.38. The number of methoxy groups -OCH3 is 2. The van der Waals surface area contributed by atoms with Gasteiger partial charge in [-0.05, 0) is 48.5 Å². The van der Waals surface area contributed by atoms with Crippen LogP contribution >= 0.6 is 6.72 Å². The van der Waals surface area contributed by atoms with Gasteiger partial charge in [-0.2, -0.15) is 0 Å². The molecule has 5 rings (SSSR count). The third-order valence-corrected chi connectivity index (χ3v) is 8.52. The van der Waals surface area contributed by atoms with Crippen molar-refractivity contribution in [3.8, 4) is 23.0 Å². The van der Waals surface area contributed by atoms with Crippen LogP contribution in [0, 0.1) is 0 Å². The highest BCUT2D eigenvalue weighted by atomic mass is 32.5. The Morgan fingerprint density at radius 3 is 2.07 bits per heavy atom. The molecule has 12 nitrogen and oxygen atoms in total. The summed E-state index contributed by atoms with van der Waals surface area (Å²) >= 11 is 5.57. The minimum Gasteiger partial charge on any atom is -0.497 e. The minimum atomic E-state index is -3.97. The van der Waals surface area contributed by atoms with E-state index >= 15 is 4.39 Å². The summed E-state index contributed by atoms with van der Waals surface area (Å²) in [5.41, 5.74) is 3.03. The fourth-order valence-electron chi connectivity index (χ4n) is 4.20.